The van der Waals surface area contributed by atoms with Crippen molar-refractivity contribution in [2.75, 3.05) is 14.2 Å². The predicted molar refractivity (Wildman–Crippen MR) is 96.0 cm³/mol. The lowest BCUT2D eigenvalue weighted by atomic mass is 10.1. The number of ether oxygens (including phenoxy) is 1. The van der Waals surface area contributed by atoms with Crippen LogP contribution in [0.1, 0.15) is 48.9 Å². The number of rotatable bonds is 5. The van der Waals surface area contributed by atoms with Crippen molar-refractivity contribution in [2.24, 2.45) is 0 Å². The van der Waals surface area contributed by atoms with Gasteiger partial charge in [0.25, 0.3) is 5.91 Å². The Morgan fingerprint density at radius 1 is 1.26 bits per heavy atom. The molecule has 2 rings (SSSR count). The van der Waals surface area contributed by atoms with Crippen LogP contribution in [-0.2, 0) is 0 Å². The molecule has 0 N–H and O–H groups in total. The summed E-state index contributed by atoms with van der Waals surface area (Å²) < 4.78 is 8.31. The highest BCUT2D eigenvalue weighted by molar-refractivity contribution is 9.10. The zero-order valence-corrected chi connectivity index (χ0v) is 15.8. The fourth-order valence-electron chi connectivity index (χ4n) is 2.62. The lowest BCUT2D eigenvalue weighted by molar-refractivity contribution is 0.0728. The Morgan fingerprint density at radius 2 is 1.91 bits per heavy atom. The molecule has 0 radical (unpaired) electrons. The maximum absolute atomic E-state index is 12.9. The van der Waals surface area contributed by atoms with Gasteiger partial charge >= 0.3 is 0 Å². The average Bonchev–Trinajstić information content (AvgIpc) is 2.94. The van der Waals surface area contributed by atoms with Gasteiger partial charge in [0, 0.05) is 29.3 Å². The van der Waals surface area contributed by atoms with Crippen molar-refractivity contribution in [1.82, 2.24) is 9.47 Å². The first-order chi connectivity index (χ1) is 10.9. The summed E-state index contributed by atoms with van der Waals surface area (Å²) in [6.07, 6.45) is 1.94. The molecule has 0 aliphatic carbocycles. The predicted octanol–water partition coefficient (Wildman–Crippen LogP) is 4.67. The highest BCUT2D eigenvalue weighted by Gasteiger charge is 2.24. The van der Waals surface area contributed by atoms with Crippen molar-refractivity contribution in [2.45, 2.75) is 32.9 Å². The van der Waals surface area contributed by atoms with E-state index < -0.39 is 0 Å². The number of carbonyl (C=O) groups is 1. The Balaban J connectivity index is 2.33. The minimum atomic E-state index is -0.0899. The van der Waals surface area contributed by atoms with Crippen molar-refractivity contribution in [3.63, 3.8) is 0 Å². The Labute approximate surface area is 146 Å². The van der Waals surface area contributed by atoms with Crippen LogP contribution in [0.15, 0.2) is 41.0 Å². The Hall–Kier alpha value is -1.75. The summed E-state index contributed by atoms with van der Waals surface area (Å²) in [5, 5.41) is 0. The molecule has 1 aromatic carbocycles. The van der Waals surface area contributed by atoms with E-state index in [1.165, 1.54) is 0 Å². The molecule has 1 heterocycles. The molecule has 1 atom stereocenters. The smallest absolute Gasteiger partial charge is 0.270 e. The number of carbonyl (C=O) groups excluding carboxylic acids is 1. The topological polar surface area (TPSA) is 34.5 Å². The highest BCUT2D eigenvalue weighted by atomic mass is 79.9. The summed E-state index contributed by atoms with van der Waals surface area (Å²) in [6, 6.07) is 9.79. The summed E-state index contributed by atoms with van der Waals surface area (Å²) in [5.74, 6) is 0.780. The fraction of sp³-hybridized carbons (Fsp3) is 0.389. The molecule has 1 amide bonds. The number of amides is 1. The number of benzene rings is 1. The maximum Gasteiger partial charge on any atom is 0.270 e. The molecule has 2 aromatic rings. The number of aromatic nitrogens is 1. The van der Waals surface area contributed by atoms with Gasteiger partial charge in [-0.1, -0.05) is 18.2 Å². The Morgan fingerprint density at radius 3 is 2.52 bits per heavy atom. The molecule has 1 unspecified atom stereocenters. The molecule has 0 saturated carbocycles. The molecule has 0 aliphatic rings. The van der Waals surface area contributed by atoms with E-state index in [0.29, 0.717) is 5.69 Å². The van der Waals surface area contributed by atoms with Crippen LogP contribution in [0.5, 0.6) is 5.75 Å². The molecule has 0 aliphatic heterocycles. The summed E-state index contributed by atoms with van der Waals surface area (Å²) in [4.78, 5) is 14.7. The summed E-state index contributed by atoms with van der Waals surface area (Å²) in [5.41, 5.74) is 1.67. The second-order valence-corrected chi connectivity index (χ2v) is 6.79. The fourth-order valence-corrected chi connectivity index (χ4v) is 3.06. The second kappa shape index (κ2) is 7.21. The Kier molecular flexibility index (Phi) is 5.52. The average molecular weight is 379 g/mol. The van der Waals surface area contributed by atoms with E-state index in [2.05, 4.69) is 29.8 Å². The second-order valence-electron chi connectivity index (χ2n) is 5.88. The van der Waals surface area contributed by atoms with Gasteiger partial charge in [0.1, 0.15) is 11.4 Å². The quantitative estimate of drug-likeness (QED) is 0.757. The van der Waals surface area contributed by atoms with E-state index in [4.69, 9.17) is 4.74 Å². The number of methoxy groups -OCH3 is 1. The molecule has 0 fully saturated rings. The van der Waals surface area contributed by atoms with Crippen LogP contribution in [0.25, 0.3) is 0 Å². The standard InChI is InChI=1S/C18H23BrN2O2/c1-12(2)21-11-14(19)10-16(21)18(22)20(4)13(3)15-8-6-7-9-17(15)23-5/h6-13H,1-5H3. The van der Waals surface area contributed by atoms with Gasteiger partial charge in [-0.05, 0) is 48.8 Å². The summed E-state index contributed by atoms with van der Waals surface area (Å²) in [6.45, 7) is 6.13. The lowest BCUT2D eigenvalue weighted by Crippen LogP contribution is -2.31. The molecule has 0 spiro atoms. The summed E-state index contributed by atoms with van der Waals surface area (Å²) >= 11 is 3.46. The van der Waals surface area contributed by atoms with E-state index >= 15 is 0 Å². The van der Waals surface area contributed by atoms with Gasteiger partial charge in [-0.15, -0.1) is 0 Å². The molecule has 23 heavy (non-hydrogen) atoms. The van der Waals surface area contributed by atoms with Gasteiger partial charge in [0.05, 0.1) is 13.2 Å². The molecule has 124 valence electrons. The third kappa shape index (κ3) is 3.61. The van der Waals surface area contributed by atoms with Gasteiger partial charge in [-0.25, -0.2) is 0 Å². The number of nitrogens with zero attached hydrogens (tertiary/aromatic N) is 2. The molecule has 4 nitrogen and oxygen atoms in total. The molecule has 5 heteroatoms. The van der Waals surface area contributed by atoms with Crippen molar-refractivity contribution >= 4 is 21.8 Å². The first-order valence-electron chi connectivity index (χ1n) is 7.64. The van der Waals surface area contributed by atoms with Crippen LogP contribution < -0.4 is 4.74 Å². The van der Waals surface area contributed by atoms with Crippen molar-refractivity contribution < 1.29 is 9.53 Å². The minimum absolute atomic E-state index is 0.0113. The van der Waals surface area contributed by atoms with Gasteiger partial charge in [-0.2, -0.15) is 0 Å². The van der Waals surface area contributed by atoms with Crippen LogP contribution in [0.3, 0.4) is 0 Å². The number of hydrogen-bond acceptors (Lipinski definition) is 2. The van der Waals surface area contributed by atoms with Crippen LogP contribution in [-0.4, -0.2) is 29.5 Å². The normalized spacial score (nSPS) is 12.3. The van der Waals surface area contributed by atoms with E-state index in [-0.39, 0.29) is 18.0 Å². The minimum Gasteiger partial charge on any atom is -0.496 e. The van der Waals surface area contributed by atoms with Crippen LogP contribution in [0.2, 0.25) is 0 Å². The van der Waals surface area contributed by atoms with E-state index in [1.807, 2.05) is 55.1 Å². The largest absolute Gasteiger partial charge is 0.496 e. The summed E-state index contributed by atoms with van der Waals surface area (Å²) in [7, 11) is 3.47. The van der Waals surface area contributed by atoms with Gasteiger partial charge in [0.15, 0.2) is 0 Å². The number of halogens is 1. The molecular formula is C18H23BrN2O2. The first-order valence-corrected chi connectivity index (χ1v) is 8.43. The maximum atomic E-state index is 12.9. The van der Waals surface area contributed by atoms with Crippen molar-refractivity contribution in [3.05, 3.63) is 52.3 Å². The van der Waals surface area contributed by atoms with E-state index in [9.17, 15) is 4.79 Å². The number of hydrogen-bond donors (Lipinski definition) is 0. The molecular weight excluding hydrogens is 356 g/mol. The molecule has 0 saturated heterocycles. The van der Waals surface area contributed by atoms with Crippen LogP contribution in [0, 0.1) is 0 Å². The zero-order chi connectivity index (χ0) is 17.1. The van der Waals surface area contributed by atoms with Crippen LogP contribution in [0.4, 0.5) is 0 Å². The Bertz CT molecular complexity index is 694. The lowest BCUT2D eigenvalue weighted by Gasteiger charge is -2.27. The number of para-hydroxylation sites is 1. The van der Waals surface area contributed by atoms with E-state index in [0.717, 1.165) is 15.8 Å². The zero-order valence-electron chi connectivity index (χ0n) is 14.2. The third-order valence-electron chi connectivity index (χ3n) is 4.08. The van der Waals surface area contributed by atoms with Crippen LogP contribution >= 0.6 is 15.9 Å². The van der Waals surface area contributed by atoms with Crippen molar-refractivity contribution in [1.29, 1.82) is 0 Å². The van der Waals surface area contributed by atoms with Gasteiger partial charge < -0.3 is 14.2 Å². The van der Waals surface area contributed by atoms with Gasteiger partial charge in [0.2, 0.25) is 0 Å². The van der Waals surface area contributed by atoms with E-state index in [1.54, 1.807) is 12.0 Å². The monoisotopic (exact) mass is 378 g/mol. The van der Waals surface area contributed by atoms with Gasteiger partial charge in [-0.3, -0.25) is 4.79 Å². The SMILES string of the molecule is COc1ccccc1C(C)N(C)C(=O)c1cc(Br)cn1C(C)C. The third-order valence-corrected chi connectivity index (χ3v) is 4.51. The highest BCUT2D eigenvalue weighted by Crippen LogP contribution is 2.30. The first kappa shape index (κ1) is 17.6. The van der Waals surface area contributed by atoms with Crippen molar-refractivity contribution in [3.8, 4) is 5.75 Å². The molecule has 0 bridgehead atoms. The molecule has 1 aromatic heterocycles.